The predicted octanol–water partition coefficient (Wildman–Crippen LogP) is 3.27. The van der Waals surface area contributed by atoms with Crippen LogP contribution in [0.1, 0.15) is 5.56 Å². The fourth-order valence-corrected chi connectivity index (χ4v) is 5.78. The van der Waals surface area contributed by atoms with Gasteiger partial charge in [-0.2, -0.15) is 11.8 Å². The van der Waals surface area contributed by atoms with Crippen LogP contribution in [0.3, 0.4) is 0 Å². The van der Waals surface area contributed by atoms with Crippen LogP contribution in [0.25, 0.3) is 0 Å². The fraction of sp³-hybridized carbons (Fsp3) is 0.500. The molecule has 19 heavy (non-hydrogen) atoms. The molecule has 2 rings (SSSR count). The van der Waals surface area contributed by atoms with Crippen LogP contribution in [0.2, 0.25) is 0 Å². The number of halogens is 2. The molecule has 1 aromatic carbocycles. The summed E-state index contributed by atoms with van der Waals surface area (Å²) >= 11 is 8.64. The van der Waals surface area contributed by atoms with Gasteiger partial charge in [-0.15, -0.1) is 0 Å². The number of hydrogen-bond acceptors (Lipinski definition) is 4. The summed E-state index contributed by atoms with van der Waals surface area (Å²) in [5, 5.41) is 0.286. The number of alkyl halides is 1. The summed E-state index contributed by atoms with van der Waals surface area (Å²) < 4.78 is 24.9. The second-order valence-electron chi connectivity index (χ2n) is 4.46. The van der Waals surface area contributed by atoms with Crippen LogP contribution in [-0.2, 0) is 15.2 Å². The van der Waals surface area contributed by atoms with E-state index in [9.17, 15) is 8.42 Å². The highest BCUT2D eigenvalue weighted by Gasteiger charge is 2.32. The van der Waals surface area contributed by atoms with Crippen molar-refractivity contribution in [2.45, 2.75) is 10.7 Å². The minimum atomic E-state index is -3.09. The van der Waals surface area contributed by atoms with Gasteiger partial charge in [0, 0.05) is 39.8 Å². The summed E-state index contributed by atoms with van der Waals surface area (Å²) in [7, 11) is -3.09. The maximum atomic E-state index is 12.0. The van der Waals surface area contributed by atoms with Crippen LogP contribution in [-0.4, -0.2) is 38.1 Å². The maximum Gasteiger partial charge on any atom is 0.169 e. The van der Waals surface area contributed by atoms with Crippen LogP contribution >= 0.6 is 43.6 Å². The van der Waals surface area contributed by atoms with Crippen molar-refractivity contribution < 1.29 is 8.42 Å². The molecular weight excluding hydrogens is 414 g/mol. The first-order chi connectivity index (χ1) is 8.93. The van der Waals surface area contributed by atoms with Gasteiger partial charge in [-0.25, -0.2) is 8.42 Å². The molecule has 3 nitrogen and oxygen atoms in total. The molecule has 0 amide bonds. The molecule has 0 aliphatic carbocycles. The van der Waals surface area contributed by atoms with E-state index in [1.807, 2.05) is 23.1 Å². The lowest BCUT2D eigenvalue weighted by molar-refractivity contribution is 0.584. The van der Waals surface area contributed by atoms with E-state index in [1.165, 1.54) is 6.26 Å². The molecule has 106 valence electrons. The third-order valence-electron chi connectivity index (χ3n) is 3.08. The fourth-order valence-electron chi connectivity index (χ4n) is 2.13. The second kappa shape index (κ2) is 6.37. The molecular formula is C12H15Br2NO2S2. The average Bonchev–Trinajstić information content (AvgIpc) is 2.37. The van der Waals surface area contributed by atoms with Crippen molar-refractivity contribution in [3.8, 4) is 0 Å². The lowest BCUT2D eigenvalue weighted by Crippen LogP contribution is -2.47. The number of hydrogen-bond donors (Lipinski definition) is 0. The molecule has 1 aliphatic rings. The second-order valence-corrected chi connectivity index (χ2v) is 9.29. The van der Waals surface area contributed by atoms with Crippen molar-refractivity contribution in [3.63, 3.8) is 0 Å². The molecule has 7 heteroatoms. The maximum absolute atomic E-state index is 12.0. The van der Waals surface area contributed by atoms with E-state index in [4.69, 9.17) is 0 Å². The number of benzene rings is 1. The highest BCUT2D eigenvalue weighted by atomic mass is 79.9. The van der Waals surface area contributed by atoms with Gasteiger partial charge in [0.1, 0.15) is 5.37 Å². The Labute approximate surface area is 135 Å². The first-order valence-electron chi connectivity index (χ1n) is 5.81. The van der Waals surface area contributed by atoms with Crippen LogP contribution in [0.15, 0.2) is 22.7 Å². The van der Waals surface area contributed by atoms with Crippen molar-refractivity contribution in [2.75, 3.05) is 29.2 Å². The summed E-state index contributed by atoms with van der Waals surface area (Å²) in [6.07, 6.45) is 1.32. The normalized spacial score (nSPS) is 20.6. The topological polar surface area (TPSA) is 37.4 Å². The summed E-state index contributed by atoms with van der Waals surface area (Å²) in [5.41, 5.74) is 2.12. The highest BCUT2D eigenvalue weighted by molar-refractivity contribution is 9.10. The Balaban J connectivity index is 2.45. The molecule has 1 atom stereocenters. The van der Waals surface area contributed by atoms with E-state index < -0.39 is 15.2 Å². The highest BCUT2D eigenvalue weighted by Crippen LogP contribution is 2.32. The van der Waals surface area contributed by atoms with Gasteiger partial charge in [0.05, 0.1) is 0 Å². The Bertz CT molecular complexity index is 563. The lowest BCUT2D eigenvalue weighted by Gasteiger charge is -2.37. The molecule has 0 radical (unpaired) electrons. The standard InChI is InChI=1S/C12H15Br2NO2S2/c1-19(16,17)12-8-18-5-4-15(12)11-6-10(14)3-2-9(11)7-13/h2-3,6,12H,4-5,7-8H2,1H3. The van der Waals surface area contributed by atoms with Crippen molar-refractivity contribution in [1.82, 2.24) is 0 Å². The monoisotopic (exact) mass is 427 g/mol. The molecule has 1 aromatic rings. The summed E-state index contributed by atoms with van der Waals surface area (Å²) in [5.74, 6) is 1.59. The van der Waals surface area contributed by atoms with E-state index in [1.54, 1.807) is 11.8 Å². The van der Waals surface area contributed by atoms with Crippen LogP contribution in [0.4, 0.5) is 5.69 Å². The first-order valence-corrected chi connectivity index (χ1v) is 10.8. The summed E-state index contributed by atoms with van der Waals surface area (Å²) in [6.45, 7) is 0.763. The number of nitrogens with zero attached hydrogens (tertiary/aromatic N) is 1. The molecule has 1 aliphatic heterocycles. The van der Waals surface area contributed by atoms with Gasteiger partial charge < -0.3 is 4.90 Å². The zero-order chi connectivity index (χ0) is 14.0. The third kappa shape index (κ3) is 3.68. The molecule has 1 heterocycles. The van der Waals surface area contributed by atoms with Gasteiger partial charge in [0.25, 0.3) is 0 Å². The van der Waals surface area contributed by atoms with Gasteiger partial charge in [-0.05, 0) is 17.7 Å². The Hall–Kier alpha value is 0.280. The number of anilines is 1. The van der Waals surface area contributed by atoms with Crippen LogP contribution in [0.5, 0.6) is 0 Å². The van der Waals surface area contributed by atoms with Crippen molar-refractivity contribution in [1.29, 1.82) is 0 Å². The molecule has 1 saturated heterocycles. The minimum absolute atomic E-state index is 0.432. The zero-order valence-corrected chi connectivity index (χ0v) is 15.3. The third-order valence-corrected chi connectivity index (χ3v) is 6.82. The van der Waals surface area contributed by atoms with E-state index >= 15 is 0 Å². The number of rotatable bonds is 3. The van der Waals surface area contributed by atoms with Gasteiger partial charge in [0.2, 0.25) is 0 Å². The average molecular weight is 429 g/mol. The molecule has 0 saturated carbocycles. The molecule has 0 aromatic heterocycles. The van der Waals surface area contributed by atoms with Crippen molar-refractivity contribution in [2.24, 2.45) is 0 Å². The minimum Gasteiger partial charge on any atom is -0.353 e. The van der Waals surface area contributed by atoms with E-state index in [-0.39, 0.29) is 0 Å². The SMILES string of the molecule is CS(=O)(=O)C1CSCCN1c1cc(Br)ccc1CBr. The largest absolute Gasteiger partial charge is 0.353 e. The zero-order valence-electron chi connectivity index (χ0n) is 10.5. The number of thioether (sulfide) groups is 1. The van der Waals surface area contributed by atoms with Gasteiger partial charge in [-0.1, -0.05) is 37.9 Å². The molecule has 1 fully saturated rings. The quantitative estimate of drug-likeness (QED) is 0.692. The lowest BCUT2D eigenvalue weighted by atomic mass is 10.2. The Morgan fingerprint density at radius 3 is 2.84 bits per heavy atom. The molecule has 0 bridgehead atoms. The van der Waals surface area contributed by atoms with Gasteiger partial charge >= 0.3 is 0 Å². The van der Waals surface area contributed by atoms with Crippen molar-refractivity contribution in [3.05, 3.63) is 28.2 Å². The summed E-state index contributed by atoms with van der Waals surface area (Å²) in [6, 6.07) is 6.01. The van der Waals surface area contributed by atoms with Gasteiger partial charge in [-0.3, -0.25) is 0 Å². The van der Waals surface area contributed by atoms with E-state index in [0.29, 0.717) is 5.75 Å². The smallest absolute Gasteiger partial charge is 0.169 e. The Kier molecular flexibility index (Phi) is 5.25. The molecule has 1 unspecified atom stereocenters. The number of sulfone groups is 1. The molecule has 0 N–H and O–H groups in total. The first kappa shape index (κ1) is 15.7. The van der Waals surface area contributed by atoms with E-state index in [2.05, 4.69) is 31.9 Å². The van der Waals surface area contributed by atoms with Crippen LogP contribution < -0.4 is 4.90 Å². The van der Waals surface area contributed by atoms with Gasteiger partial charge in [0.15, 0.2) is 9.84 Å². The van der Waals surface area contributed by atoms with Crippen molar-refractivity contribution >= 4 is 59.1 Å². The Morgan fingerprint density at radius 1 is 1.47 bits per heavy atom. The van der Waals surface area contributed by atoms with E-state index in [0.717, 1.165) is 33.4 Å². The predicted molar refractivity (Wildman–Crippen MR) is 90.1 cm³/mol. The Morgan fingerprint density at radius 2 is 2.21 bits per heavy atom. The summed E-state index contributed by atoms with van der Waals surface area (Å²) in [4.78, 5) is 2.02. The van der Waals surface area contributed by atoms with Crippen LogP contribution in [0, 0.1) is 0 Å². The molecule has 0 spiro atoms.